The van der Waals surface area contributed by atoms with Crippen molar-refractivity contribution >= 4 is 16.9 Å². The number of carboxylic acid groups (broad SMARTS) is 1. The Morgan fingerprint density at radius 3 is 2.80 bits per heavy atom. The van der Waals surface area contributed by atoms with E-state index in [9.17, 15) is 9.90 Å². The quantitative estimate of drug-likeness (QED) is 0.852. The molecular weight excluding hydrogens is 254 g/mol. The Hall–Kier alpha value is -2.10. The molecule has 1 N–H and O–H groups in total. The Morgan fingerprint density at radius 1 is 1.25 bits per heavy atom. The minimum Gasteiger partial charge on any atom is -0.497 e. The van der Waals surface area contributed by atoms with Gasteiger partial charge in [0, 0.05) is 17.1 Å². The molecule has 20 heavy (non-hydrogen) atoms. The standard InChI is InChI=1S/C16H17NO3/c1-20-10-7-8-12-14(9-10)17-13-6-4-2-3-5-11(13)15(12)16(18)19/h7-9H,2-6H2,1H3,(H,18,19). The third-order valence-electron chi connectivity index (χ3n) is 3.93. The van der Waals surface area contributed by atoms with Crippen LogP contribution in [0.3, 0.4) is 0 Å². The molecular formula is C16H17NO3. The number of nitrogens with zero attached hydrogens (tertiary/aromatic N) is 1. The molecule has 0 saturated heterocycles. The van der Waals surface area contributed by atoms with Crippen LogP contribution in [0.15, 0.2) is 18.2 Å². The first kappa shape index (κ1) is 12.9. The van der Waals surface area contributed by atoms with E-state index in [0.717, 1.165) is 43.4 Å². The molecule has 0 radical (unpaired) electrons. The minimum atomic E-state index is -0.860. The number of benzene rings is 1. The first-order valence-corrected chi connectivity index (χ1v) is 6.93. The summed E-state index contributed by atoms with van der Waals surface area (Å²) in [5.41, 5.74) is 3.00. The number of fused-ring (bicyclic) bond motifs is 2. The van der Waals surface area contributed by atoms with Crippen LogP contribution in [0.5, 0.6) is 5.75 Å². The van der Waals surface area contributed by atoms with Crippen molar-refractivity contribution in [1.29, 1.82) is 0 Å². The van der Waals surface area contributed by atoms with Gasteiger partial charge in [0.1, 0.15) is 5.75 Å². The Kier molecular flexibility index (Phi) is 3.30. The van der Waals surface area contributed by atoms with Gasteiger partial charge >= 0.3 is 5.97 Å². The van der Waals surface area contributed by atoms with Gasteiger partial charge in [-0.25, -0.2) is 4.79 Å². The van der Waals surface area contributed by atoms with Gasteiger partial charge in [-0.2, -0.15) is 0 Å². The molecule has 0 fully saturated rings. The molecule has 4 nitrogen and oxygen atoms in total. The number of carboxylic acids is 1. The second kappa shape index (κ2) is 5.12. The molecule has 1 heterocycles. The van der Waals surface area contributed by atoms with Crippen molar-refractivity contribution in [2.24, 2.45) is 0 Å². The smallest absolute Gasteiger partial charge is 0.336 e. The highest BCUT2D eigenvalue weighted by molar-refractivity contribution is 6.04. The summed E-state index contributed by atoms with van der Waals surface area (Å²) in [5.74, 6) is -0.157. The van der Waals surface area contributed by atoms with Crippen molar-refractivity contribution in [3.05, 3.63) is 35.0 Å². The molecule has 0 saturated carbocycles. The van der Waals surface area contributed by atoms with Gasteiger partial charge in [0.25, 0.3) is 0 Å². The summed E-state index contributed by atoms with van der Waals surface area (Å²) in [6, 6.07) is 5.41. The highest BCUT2D eigenvalue weighted by Crippen LogP contribution is 2.30. The van der Waals surface area contributed by atoms with E-state index in [-0.39, 0.29) is 0 Å². The fourth-order valence-corrected chi connectivity index (χ4v) is 2.95. The van der Waals surface area contributed by atoms with Gasteiger partial charge in [-0.3, -0.25) is 4.98 Å². The van der Waals surface area contributed by atoms with E-state index >= 15 is 0 Å². The maximum Gasteiger partial charge on any atom is 0.336 e. The highest BCUT2D eigenvalue weighted by Gasteiger charge is 2.21. The largest absolute Gasteiger partial charge is 0.497 e. The van der Waals surface area contributed by atoms with E-state index in [4.69, 9.17) is 4.74 Å². The Bertz CT molecular complexity index is 679. The maximum absolute atomic E-state index is 11.7. The third kappa shape index (κ3) is 2.11. The van der Waals surface area contributed by atoms with Crippen LogP contribution >= 0.6 is 0 Å². The Morgan fingerprint density at radius 2 is 2.05 bits per heavy atom. The molecule has 1 aliphatic rings. The molecule has 3 rings (SSSR count). The molecule has 0 bridgehead atoms. The lowest BCUT2D eigenvalue weighted by Crippen LogP contribution is -2.08. The van der Waals surface area contributed by atoms with Crippen LogP contribution in [0.2, 0.25) is 0 Å². The van der Waals surface area contributed by atoms with Gasteiger partial charge in [-0.1, -0.05) is 6.42 Å². The molecule has 4 heteroatoms. The van der Waals surface area contributed by atoms with E-state index in [1.54, 1.807) is 19.2 Å². The van der Waals surface area contributed by atoms with E-state index in [1.165, 1.54) is 0 Å². The van der Waals surface area contributed by atoms with Crippen LogP contribution in [-0.2, 0) is 12.8 Å². The molecule has 0 aliphatic heterocycles. The molecule has 1 aromatic heterocycles. The molecule has 2 aromatic rings. The number of hydrogen-bond acceptors (Lipinski definition) is 3. The van der Waals surface area contributed by atoms with E-state index in [0.29, 0.717) is 22.2 Å². The van der Waals surface area contributed by atoms with Crippen molar-refractivity contribution in [3.63, 3.8) is 0 Å². The molecule has 1 aromatic carbocycles. The summed E-state index contributed by atoms with van der Waals surface area (Å²) < 4.78 is 5.20. The zero-order valence-electron chi connectivity index (χ0n) is 11.5. The third-order valence-corrected chi connectivity index (χ3v) is 3.93. The van der Waals surface area contributed by atoms with E-state index in [1.807, 2.05) is 6.07 Å². The minimum absolute atomic E-state index is 0.426. The number of carbonyl (C=O) groups is 1. The predicted octanol–water partition coefficient (Wildman–Crippen LogP) is 3.21. The van der Waals surface area contributed by atoms with Crippen LogP contribution in [0, 0.1) is 0 Å². The molecule has 0 amide bonds. The second-order valence-corrected chi connectivity index (χ2v) is 5.16. The Labute approximate surface area is 117 Å². The zero-order valence-corrected chi connectivity index (χ0v) is 11.5. The number of aryl methyl sites for hydroxylation is 1. The molecule has 1 aliphatic carbocycles. The summed E-state index contributed by atoms with van der Waals surface area (Å²) >= 11 is 0. The van der Waals surface area contributed by atoms with Gasteiger partial charge in [0.2, 0.25) is 0 Å². The van der Waals surface area contributed by atoms with Crippen LogP contribution in [0.4, 0.5) is 0 Å². The lowest BCUT2D eigenvalue weighted by atomic mass is 9.97. The number of hydrogen-bond donors (Lipinski definition) is 1. The second-order valence-electron chi connectivity index (χ2n) is 5.16. The van der Waals surface area contributed by atoms with Gasteiger partial charge in [0.05, 0.1) is 18.2 Å². The van der Waals surface area contributed by atoms with E-state index in [2.05, 4.69) is 4.98 Å². The highest BCUT2D eigenvalue weighted by atomic mass is 16.5. The number of pyridine rings is 1. The number of aromatic carboxylic acids is 1. The Balaban J connectivity index is 2.32. The van der Waals surface area contributed by atoms with Crippen molar-refractivity contribution < 1.29 is 14.6 Å². The number of aromatic nitrogens is 1. The fourth-order valence-electron chi connectivity index (χ4n) is 2.95. The molecule has 0 spiro atoms. The van der Waals surface area contributed by atoms with Crippen LogP contribution in [0.1, 0.15) is 40.9 Å². The summed E-state index contributed by atoms with van der Waals surface area (Å²) in [7, 11) is 1.60. The van der Waals surface area contributed by atoms with Crippen LogP contribution in [0.25, 0.3) is 10.9 Å². The first-order chi connectivity index (χ1) is 9.70. The normalized spacial score (nSPS) is 14.7. The van der Waals surface area contributed by atoms with E-state index < -0.39 is 5.97 Å². The lowest BCUT2D eigenvalue weighted by Gasteiger charge is -2.13. The number of rotatable bonds is 2. The van der Waals surface area contributed by atoms with Crippen molar-refractivity contribution in [3.8, 4) is 5.75 Å². The summed E-state index contributed by atoms with van der Waals surface area (Å²) in [5, 5.41) is 10.3. The van der Waals surface area contributed by atoms with Crippen molar-refractivity contribution in [2.75, 3.05) is 7.11 Å². The average Bonchev–Trinajstić information content (AvgIpc) is 2.68. The maximum atomic E-state index is 11.7. The SMILES string of the molecule is COc1ccc2c(C(=O)O)c3c(nc2c1)CCCCC3. The molecule has 0 atom stereocenters. The topological polar surface area (TPSA) is 59.4 Å². The van der Waals surface area contributed by atoms with Crippen molar-refractivity contribution in [1.82, 2.24) is 4.98 Å². The van der Waals surface area contributed by atoms with Crippen molar-refractivity contribution in [2.45, 2.75) is 32.1 Å². The number of methoxy groups -OCH3 is 1. The summed E-state index contributed by atoms with van der Waals surface area (Å²) in [6.07, 6.45) is 4.93. The van der Waals surface area contributed by atoms with Gasteiger partial charge < -0.3 is 9.84 Å². The molecule has 104 valence electrons. The fraction of sp³-hybridized carbons (Fsp3) is 0.375. The van der Waals surface area contributed by atoms with Crippen LogP contribution in [-0.4, -0.2) is 23.2 Å². The first-order valence-electron chi connectivity index (χ1n) is 6.93. The molecule has 0 unspecified atom stereocenters. The van der Waals surface area contributed by atoms with Gasteiger partial charge in [-0.05, 0) is 43.4 Å². The predicted molar refractivity (Wildman–Crippen MR) is 76.5 cm³/mol. The van der Waals surface area contributed by atoms with Gasteiger partial charge in [0.15, 0.2) is 0 Å². The monoisotopic (exact) mass is 271 g/mol. The zero-order chi connectivity index (χ0) is 14.1. The lowest BCUT2D eigenvalue weighted by molar-refractivity contribution is 0.0697. The summed E-state index contributed by atoms with van der Waals surface area (Å²) in [4.78, 5) is 16.4. The number of ether oxygens (including phenoxy) is 1. The van der Waals surface area contributed by atoms with Crippen LogP contribution < -0.4 is 4.74 Å². The average molecular weight is 271 g/mol. The van der Waals surface area contributed by atoms with Gasteiger partial charge in [-0.15, -0.1) is 0 Å². The summed E-state index contributed by atoms with van der Waals surface area (Å²) in [6.45, 7) is 0.